The Morgan fingerprint density at radius 2 is 1.92 bits per heavy atom. The molecule has 0 aliphatic rings. The molecule has 2 rings (SSSR count). The van der Waals surface area contributed by atoms with Crippen molar-refractivity contribution in [2.75, 3.05) is 20.2 Å². The highest BCUT2D eigenvalue weighted by molar-refractivity contribution is 14.0. The molecule has 0 spiro atoms. The number of aliphatic imine (C=N–C) groups is 1. The van der Waals surface area contributed by atoms with Crippen LogP contribution in [0.3, 0.4) is 0 Å². The first-order valence-electron chi connectivity index (χ1n) is 8.56. The van der Waals surface area contributed by atoms with Gasteiger partial charge in [0, 0.05) is 24.4 Å². The highest BCUT2D eigenvalue weighted by Gasteiger charge is 2.17. The molecular formula is C19H29IN4OS. The molecule has 0 aliphatic heterocycles. The molecule has 0 unspecified atom stereocenters. The van der Waals surface area contributed by atoms with Crippen LogP contribution in [0.5, 0.6) is 5.75 Å². The summed E-state index contributed by atoms with van der Waals surface area (Å²) in [6.07, 6.45) is 0.904. The van der Waals surface area contributed by atoms with Gasteiger partial charge in [-0.05, 0) is 18.6 Å². The number of guanidine groups is 1. The number of thiazole rings is 1. The smallest absolute Gasteiger partial charge is 0.191 e. The Bertz CT molecular complexity index is 668. The van der Waals surface area contributed by atoms with Crippen molar-refractivity contribution in [1.29, 1.82) is 0 Å². The molecule has 1 aromatic heterocycles. The van der Waals surface area contributed by atoms with Crippen LogP contribution in [0.1, 0.15) is 37.9 Å². The highest BCUT2D eigenvalue weighted by Crippen LogP contribution is 2.23. The molecular weight excluding hydrogens is 459 g/mol. The number of ether oxygens (including phenoxy) is 1. The van der Waals surface area contributed by atoms with E-state index >= 15 is 0 Å². The number of halogens is 1. The van der Waals surface area contributed by atoms with E-state index in [-0.39, 0.29) is 29.4 Å². The second-order valence-corrected chi connectivity index (χ2v) is 7.69. The van der Waals surface area contributed by atoms with Gasteiger partial charge in [-0.2, -0.15) is 0 Å². The van der Waals surface area contributed by atoms with Gasteiger partial charge in [0.05, 0.1) is 18.8 Å². The molecule has 0 radical (unpaired) electrons. The summed E-state index contributed by atoms with van der Waals surface area (Å²) in [5.74, 6) is 1.69. The fourth-order valence-electron chi connectivity index (χ4n) is 2.10. The minimum atomic E-state index is 0. The van der Waals surface area contributed by atoms with Crippen molar-refractivity contribution >= 4 is 41.3 Å². The number of hydrogen-bond acceptors (Lipinski definition) is 4. The summed E-state index contributed by atoms with van der Waals surface area (Å²) in [5, 5.41) is 9.81. The van der Waals surface area contributed by atoms with Crippen molar-refractivity contribution in [1.82, 2.24) is 15.6 Å². The van der Waals surface area contributed by atoms with Gasteiger partial charge in [0.2, 0.25) is 0 Å². The lowest BCUT2D eigenvalue weighted by molar-refractivity contribution is 0.311. The van der Waals surface area contributed by atoms with E-state index in [1.54, 1.807) is 18.4 Å². The molecule has 0 bridgehead atoms. The van der Waals surface area contributed by atoms with Crippen LogP contribution in [0.2, 0.25) is 0 Å². The molecule has 0 saturated carbocycles. The van der Waals surface area contributed by atoms with Crippen molar-refractivity contribution < 1.29 is 4.74 Å². The molecule has 0 amide bonds. The van der Waals surface area contributed by atoms with E-state index in [1.165, 1.54) is 0 Å². The van der Waals surface area contributed by atoms with Gasteiger partial charge in [-0.1, -0.05) is 39.0 Å². The SMILES string of the molecule is CN=C(NCCCOc1ccccc1)NCc1nc(C(C)(C)C)cs1.I. The lowest BCUT2D eigenvalue weighted by atomic mass is 9.93. The van der Waals surface area contributed by atoms with E-state index in [9.17, 15) is 0 Å². The van der Waals surface area contributed by atoms with E-state index < -0.39 is 0 Å². The van der Waals surface area contributed by atoms with Crippen molar-refractivity contribution in [3.63, 3.8) is 0 Å². The number of nitrogens with one attached hydrogen (secondary N) is 2. The van der Waals surface area contributed by atoms with E-state index in [0.717, 1.165) is 35.4 Å². The van der Waals surface area contributed by atoms with Gasteiger partial charge in [-0.3, -0.25) is 4.99 Å². The van der Waals surface area contributed by atoms with Gasteiger partial charge >= 0.3 is 0 Å². The van der Waals surface area contributed by atoms with Gasteiger partial charge in [-0.25, -0.2) is 4.98 Å². The first-order valence-corrected chi connectivity index (χ1v) is 9.44. The second kappa shape index (κ2) is 11.4. The fraction of sp³-hybridized carbons (Fsp3) is 0.474. The van der Waals surface area contributed by atoms with Crippen LogP contribution in [-0.4, -0.2) is 31.1 Å². The molecule has 144 valence electrons. The molecule has 2 aromatic rings. The molecule has 1 heterocycles. The second-order valence-electron chi connectivity index (χ2n) is 6.74. The molecule has 2 N–H and O–H groups in total. The van der Waals surface area contributed by atoms with Crippen LogP contribution in [0, 0.1) is 0 Å². The summed E-state index contributed by atoms with van der Waals surface area (Å²) in [6.45, 7) is 8.69. The van der Waals surface area contributed by atoms with Crippen molar-refractivity contribution in [2.45, 2.75) is 39.2 Å². The number of aromatic nitrogens is 1. The summed E-state index contributed by atoms with van der Waals surface area (Å²) in [6, 6.07) is 9.87. The normalized spacial score (nSPS) is 11.6. The molecule has 0 atom stereocenters. The van der Waals surface area contributed by atoms with Gasteiger partial charge in [0.25, 0.3) is 0 Å². The Hall–Kier alpha value is -1.35. The summed E-state index contributed by atoms with van der Waals surface area (Å²) in [4.78, 5) is 8.93. The van der Waals surface area contributed by atoms with Crippen LogP contribution >= 0.6 is 35.3 Å². The minimum Gasteiger partial charge on any atom is -0.494 e. The van der Waals surface area contributed by atoms with Crippen LogP contribution < -0.4 is 15.4 Å². The topological polar surface area (TPSA) is 58.5 Å². The number of nitrogens with zero attached hydrogens (tertiary/aromatic N) is 2. The summed E-state index contributed by atoms with van der Waals surface area (Å²) < 4.78 is 5.68. The van der Waals surface area contributed by atoms with Gasteiger partial charge in [0.1, 0.15) is 10.8 Å². The minimum absolute atomic E-state index is 0. The highest BCUT2D eigenvalue weighted by atomic mass is 127. The lowest BCUT2D eigenvalue weighted by Crippen LogP contribution is -2.37. The quantitative estimate of drug-likeness (QED) is 0.266. The zero-order valence-electron chi connectivity index (χ0n) is 15.9. The number of rotatable bonds is 7. The average molecular weight is 488 g/mol. The van der Waals surface area contributed by atoms with Crippen molar-refractivity contribution in [3.8, 4) is 5.75 Å². The first-order chi connectivity index (χ1) is 12.0. The summed E-state index contributed by atoms with van der Waals surface area (Å²) in [5.41, 5.74) is 1.23. The third-order valence-electron chi connectivity index (χ3n) is 3.58. The van der Waals surface area contributed by atoms with E-state index in [2.05, 4.69) is 46.8 Å². The standard InChI is InChI=1S/C19H28N4OS.HI/c1-19(2,3)16-14-25-17(23-16)13-22-18(20-4)21-11-8-12-24-15-9-6-5-7-10-15;/h5-7,9-10,14H,8,11-13H2,1-4H3,(H2,20,21,22);1H. The van der Waals surface area contributed by atoms with Crippen molar-refractivity contribution in [3.05, 3.63) is 46.4 Å². The first kappa shape index (κ1) is 22.7. The Morgan fingerprint density at radius 1 is 1.19 bits per heavy atom. The van der Waals surface area contributed by atoms with Crippen molar-refractivity contribution in [2.24, 2.45) is 4.99 Å². The molecule has 0 aliphatic carbocycles. The molecule has 0 fully saturated rings. The van der Waals surface area contributed by atoms with Crippen LogP contribution in [0.4, 0.5) is 0 Å². The zero-order valence-corrected chi connectivity index (χ0v) is 19.1. The van der Waals surface area contributed by atoms with Gasteiger partial charge < -0.3 is 15.4 Å². The van der Waals surface area contributed by atoms with E-state index in [1.807, 2.05) is 30.3 Å². The number of para-hydroxylation sites is 1. The largest absolute Gasteiger partial charge is 0.494 e. The third kappa shape index (κ3) is 7.90. The lowest BCUT2D eigenvalue weighted by Gasteiger charge is -2.14. The molecule has 1 aromatic carbocycles. The Labute approximate surface area is 177 Å². The number of benzene rings is 1. The van der Waals surface area contributed by atoms with Crippen LogP contribution in [0.15, 0.2) is 40.7 Å². The monoisotopic (exact) mass is 488 g/mol. The van der Waals surface area contributed by atoms with E-state index in [0.29, 0.717) is 13.2 Å². The molecule has 7 heteroatoms. The zero-order chi connectivity index (χ0) is 18.1. The Kier molecular flexibility index (Phi) is 9.93. The predicted molar refractivity (Wildman–Crippen MR) is 121 cm³/mol. The Balaban J connectivity index is 0.00000338. The summed E-state index contributed by atoms with van der Waals surface area (Å²) in [7, 11) is 1.78. The third-order valence-corrected chi connectivity index (χ3v) is 4.43. The maximum Gasteiger partial charge on any atom is 0.191 e. The summed E-state index contributed by atoms with van der Waals surface area (Å²) >= 11 is 1.68. The average Bonchev–Trinajstić information content (AvgIpc) is 3.07. The predicted octanol–water partition coefficient (Wildman–Crippen LogP) is 4.19. The van der Waals surface area contributed by atoms with Crippen LogP contribution in [-0.2, 0) is 12.0 Å². The van der Waals surface area contributed by atoms with E-state index in [4.69, 9.17) is 4.74 Å². The Morgan fingerprint density at radius 3 is 2.54 bits per heavy atom. The maximum absolute atomic E-state index is 5.68. The van der Waals surface area contributed by atoms with Gasteiger partial charge in [-0.15, -0.1) is 35.3 Å². The maximum atomic E-state index is 5.68. The number of hydrogen-bond donors (Lipinski definition) is 2. The fourth-order valence-corrected chi connectivity index (χ4v) is 3.06. The molecule has 0 saturated heterocycles. The molecule has 5 nitrogen and oxygen atoms in total. The van der Waals surface area contributed by atoms with Gasteiger partial charge in [0.15, 0.2) is 5.96 Å². The van der Waals surface area contributed by atoms with Crippen LogP contribution in [0.25, 0.3) is 0 Å². The molecule has 26 heavy (non-hydrogen) atoms.